The second-order valence-corrected chi connectivity index (χ2v) is 11.7. The Hall–Kier alpha value is -3.69. The van der Waals surface area contributed by atoms with Crippen molar-refractivity contribution in [3.05, 3.63) is 89.7 Å². The number of likely N-dealkylation sites (tertiary alicyclic amines) is 1. The van der Waals surface area contributed by atoms with Gasteiger partial charge >= 0.3 is 0 Å². The van der Waals surface area contributed by atoms with Gasteiger partial charge in [-0.3, -0.25) is 9.71 Å². The predicted octanol–water partition coefficient (Wildman–Crippen LogP) is 3.93. The molecule has 0 radical (unpaired) electrons. The minimum Gasteiger partial charge on any atom is -0.384 e. The van der Waals surface area contributed by atoms with Gasteiger partial charge in [-0.2, -0.15) is 0 Å². The average molecular weight is 531 g/mol. The summed E-state index contributed by atoms with van der Waals surface area (Å²) in [5, 5.41) is 7.56. The van der Waals surface area contributed by atoms with Crippen LogP contribution in [0.1, 0.15) is 29.8 Å². The maximum absolute atomic E-state index is 13.7. The van der Waals surface area contributed by atoms with E-state index in [0.717, 1.165) is 61.2 Å². The van der Waals surface area contributed by atoms with Crippen LogP contribution < -0.4 is 10.0 Å². The minimum atomic E-state index is -3.73. The zero-order valence-electron chi connectivity index (χ0n) is 21.7. The Balaban J connectivity index is 1.41. The van der Waals surface area contributed by atoms with Crippen molar-refractivity contribution in [1.29, 1.82) is 5.41 Å². The van der Waals surface area contributed by atoms with E-state index < -0.39 is 10.0 Å². The molecule has 38 heavy (non-hydrogen) atoms. The molecular weight excluding hydrogens is 496 g/mol. The third-order valence-electron chi connectivity index (χ3n) is 7.30. The number of nitrogens with one attached hydrogen (secondary N) is 1. The van der Waals surface area contributed by atoms with Crippen molar-refractivity contribution in [3.8, 4) is 0 Å². The molecule has 9 heteroatoms. The van der Waals surface area contributed by atoms with Crippen LogP contribution in [0.2, 0.25) is 0 Å². The standard InChI is InChI=1S/C29H34N6O2S/c1-33-27-15-14-24(21-26(27)32-28(33)16-11-22-9-12-23(13-10-22)29(30)31)35(20-19-34-17-5-6-18-34)38(36,37)25-7-3-2-4-8-25/h2-4,7-10,12-15,21H,5-6,11,16-20H2,1H3,(H3,30,31). The van der Waals surface area contributed by atoms with Crippen LogP contribution in [0.25, 0.3) is 11.0 Å². The Morgan fingerprint density at radius 1 is 1.00 bits per heavy atom. The summed E-state index contributed by atoms with van der Waals surface area (Å²) in [5.41, 5.74) is 9.79. The molecule has 3 aromatic carbocycles. The largest absolute Gasteiger partial charge is 0.384 e. The van der Waals surface area contributed by atoms with E-state index in [1.807, 2.05) is 55.6 Å². The van der Waals surface area contributed by atoms with Crippen molar-refractivity contribution in [1.82, 2.24) is 14.5 Å². The van der Waals surface area contributed by atoms with Crippen LogP contribution in [0.3, 0.4) is 0 Å². The van der Waals surface area contributed by atoms with Gasteiger partial charge in [-0.05, 0) is 68.2 Å². The van der Waals surface area contributed by atoms with E-state index in [1.165, 1.54) is 4.31 Å². The number of amidine groups is 1. The summed E-state index contributed by atoms with van der Waals surface area (Å²) in [4.78, 5) is 7.50. The van der Waals surface area contributed by atoms with Crippen molar-refractivity contribution < 1.29 is 8.42 Å². The van der Waals surface area contributed by atoms with Gasteiger partial charge in [-0.25, -0.2) is 13.4 Å². The van der Waals surface area contributed by atoms with Gasteiger partial charge in [-0.1, -0.05) is 42.5 Å². The number of nitrogens with zero attached hydrogens (tertiary/aromatic N) is 4. The second-order valence-electron chi connectivity index (χ2n) is 9.81. The summed E-state index contributed by atoms with van der Waals surface area (Å²) < 4.78 is 31.1. The Morgan fingerprint density at radius 2 is 1.71 bits per heavy atom. The highest BCUT2D eigenvalue weighted by molar-refractivity contribution is 7.92. The molecule has 0 saturated carbocycles. The normalized spacial score (nSPS) is 14.2. The molecule has 2 heterocycles. The van der Waals surface area contributed by atoms with Crippen molar-refractivity contribution >= 4 is 32.6 Å². The monoisotopic (exact) mass is 530 g/mol. The van der Waals surface area contributed by atoms with Crippen LogP contribution in [-0.2, 0) is 29.9 Å². The number of anilines is 1. The SMILES string of the molecule is Cn1c(CCc2ccc(C(=N)N)cc2)nc2cc(N(CCN3CCCC3)S(=O)(=O)c3ccccc3)ccc21. The number of rotatable bonds is 10. The number of nitrogen functional groups attached to an aromatic ring is 1. The first-order valence-electron chi connectivity index (χ1n) is 13.0. The molecule has 0 amide bonds. The number of aromatic nitrogens is 2. The first kappa shape index (κ1) is 25.9. The van der Waals surface area contributed by atoms with Gasteiger partial charge < -0.3 is 15.2 Å². The molecule has 1 aliphatic rings. The van der Waals surface area contributed by atoms with Crippen LogP contribution in [0.5, 0.6) is 0 Å². The van der Waals surface area contributed by atoms with E-state index in [9.17, 15) is 8.42 Å². The summed E-state index contributed by atoms with van der Waals surface area (Å²) in [6.45, 7) is 3.11. The Kier molecular flexibility index (Phi) is 7.49. The molecule has 8 nitrogen and oxygen atoms in total. The summed E-state index contributed by atoms with van der Waals surface area (Å²) in [5.74, 6) is 0.994. The second kappa shape index (κ2) is 11.0. The third kappa shape index (κ3) is 5.44. The topological polar surface area (TPSA) is 108 Å². The van der Waals surface area contributed by atoms with E-state index >= 15 is 0 Å². The molecule has 198 valence electrons. The van der Waals surface area contributed by atoms with Gasteiger partial charge in [0.2, 0.25) is 0 Å². The predicted molar refractivity (Wildman–Crippen MR) is 152 cm³/mol. The smallest absolute Gasteiger partial charge is 0.264 e. The lowest BCUT2D eigenvalue weighted by molar-refractivity contribution is 0.349. The molecule has 1 aliphatic heterocycles. The number of hydrogen-bond donors (Lipinski definition) is 2. The Morgan fingerprint density at radius 3 is 2.39 bits per heavy atom. The maximum atomic E-state index is 13.7. The fourth-order valence-electron chi connectivity index (χ4n) is 5.07. The lowest BCUT2D eigenvalue weighted by Gasteiger charge is -2.27. The van der Waals surface area contributed by atoms with Crippen molar-refractivity contribution in [2.45, 2.75) is 30.6 Å². The van der Waals surface area contributed by atoms with Crippen molar-refractivity contribution in [2.75, 3.05) is 30.5 Å². The number of hydrogen-bond acceptors (Lipinski definition) is 5. The third-order valence-corrected chi connectivity index (χ3v) is 9.14. The zero-order chi connectivity index (χ0) is 26.7. The van der Waals surface area contributed by atoms with E-state index in [-0.39, 0.29) is 5.84 Å². The number of aryl methyl sites for hydroxylation is 3. The number of benzene rings is 3. The fourth-order valence-corrected chi connectivity index (χ4v) is 6.54. The van der Waals surface area contributed by atoms with E-state index in [0.29, 0.717) is 29.2 Å². The molecule has 4 aromatic rings. The molecule has 1 aromatic heterocycles. The lowest BCUT2D eigenvalue weighted by Crippen LogP contribution is -2.38. The molecule has 0 unspecified atom stereocenters. The van der Waals surface area contributed by atoms with Crippen LogP contribution in [0, 0.1) is 5.41 Å². The van der Waals surface area contributed by atoms with Crippen LogP contribution >= 0.6 is 0 Å². The van der Waals surface area contributed by atoms with Gasteiger partial charge in [0, 0.05) is 32.1 Å². The van der Waals surface area contributed by atoms with Crippen molar-refractivity contribution in [3.63, 3.8) is 0 Å². The van der Waals surface area contributed by atoms with Gasteiger partial charge in [0.15, 0.2) is 0 Å². The highest BCUT2D eigenvalue weighted by Crippen LogP contribution is 2.28. The molecular formula is C29H34N6O2S. The highest BCUT2D eigenvalue weighted by atomic mass is 32.2. The number of sulfonamides is 1. The summed E-state index contributed by atoms with van der Waals surface area (Å²) in [7, 11) is -1.73. The van der Waals surface area contributed by atoms with E-state index in [4.69, 9.17) is 16.1 Å². The molecule has 0 bridgehead atoms. The minimum absolute atomic E-state index is 0.0615. The van der Waals surface area contributed by atoms with Gasteiger partial charge in [0.25, 0.3) is 10.0 Å². The average Bonchev–Trinajstić information content (AvgIpc) is 3.56. The summed E-state index contributed by atoms with van der Waals surface area (Å²) >= 11 is 0. The number of imidazole rings is 1. The van der Waals surface area contributed by atoms with Crippen molar-refractivity contribution in [2.24, 2.45) is 12.8 Å². The molecule has 0 aliphatic carbocycles. The number of nitrogens with two attached hydrogens (primary N) is 1. The van der Waals surface area contributed by atoms with Gasteiger partial charge in [0.1, 0.15) is 11.7 Å². The Bertz CT molecular complexity index is 1520. The maximum Gasteiger partial charge on any atom is 0.264 e. The molecule has 5 rings (SSSR count). The highest BCUT2D eigenvalue weighted by Gasteiger charge is 2.26. The van der Waals surface area contributed by atoms with E-state index in [1.54, 1.807) is 24.3 Å². The molecule has 0 atom stereocenters. The zero-order valence-corrected chi connectivity index (χ0v) is 22.5. The lowest BCUT2D eigenvalue weighted by atomic mass is 10.1. The molecule has 3 N–H and O–H groups in total. The van der Waals surface area contributed by atoms with Gasteiger partial charge in [-0.15, -0.1) is 0 Å². The molecule has 1 fully saturated rings. The summed E-state index contributed by atoms with van der Waals surface area (Å²) in [6, 6.07) is 22.1. The van der Waals surface area contributed by atoms with Gasteiger partial charge in [0.05, 0.1) is 21.6 Å². The first-order valence-corrected chi connectivity index (χ1v) is 14.5. The number of fused-ring (bicyclic) bond motifs is 1. The molecule has 1 saturated heterocycles. The molecule has 0 spiro atoms. The first-order chi connectivity index (χ1) is 18.3. The van der Waals surface area contributed by atoms with Crippen LogP contribution in [-0.4, -0.2) is 54.9 Å². The quantitative estimate of drug-likeness (QED) is 0.239. The van der Waals surface area contributed by atoms with Crippen LogP contribution in [0.4, 0.5) is 5.69 Å². The van der Waals surface area contributed by atoms with E-state index in [2.05, 4.69) is 9.47 Å². The summed E-state index contributed by atoms with van der Waals surface area (Å²) in [6.07, 6.45) is 3.86. The Labute approximate surface area is 224 Å². The fraction of sp³-hybridized carbons (Fsp3) is 0.310. The van der Waals surface area contributed by atoms with Crippen LogP contribution in [0.15, 0.2) is 77.7 Å².